The number of esters is 1. The SMILES string of the molecule is CCOC(=O)/C=C/S[C@H]1[C@H](NC(=O)C=NOCc2csc(NC(=O)CCl)n2)C(=O)N1S(=O)(=O)O. The van der Waals surface area contributed by atoms with Crippen LogP contribution in [-0.2, 0) is 45.7 Å². The largest absolute Gasteiger partial charge is 0.463 e. The Kier molecular flexibility index (Phi) is 10.2. The first kappa shape index (κ1) is 27.5. The van der Waals surface area contributed by atoms with Gasteiger partial charge in [0, 0.05) is 11.5 Å². The van der Waals surface area contributed by atoms with Gasteiger partial charge in [-0.1, -0.05) is 5.16 Å². The van der Waals surface area contributed by atoms with Crippen LogP contribution in [0.3, 0.4) is 0 Å². The van der Waals surface area contributed by atoms with Crippen molar-refractivity contribution >= 4 is 80.0 Å². The lowest BCUT2D eigenvalue weighted by atomic mass is 10.1. The molecule has 0 radical (unpaired) electrons. The molecule has 34 heavy (non-hydrogen) atoms. The van der Waals surface area contributed by atoms with E-state index in [0.29, 0.717) is 28.8 Å². The molecule has 3 amide bonds. The fourth-order valence-corrected chi connectivity index (χ4v) is 5.16. The van der Waals surface area contributed by atoms with E-state index in [1.165, 1.54) is 5.41 Å². The van der Waals surface area contributed by atoms with E-state index in [9.17, 15) is 32.1 Å². The first-order valence-electron chi connectivity index (χ1n) is 9.12. The minimum absolute atomic E-state index is 0.126. The van der Waals surface area contributed by atoms with Crippen LogP contribution in [0.5, 0.6) is 0 Å². The number of oxime groups is 1. The van der Waals surface area contributed by atoms with Crippen LogP contribution >= 0.6 is 34.7 Å². The van der Waals surface area contributed by atoms with Crippen LogP contribution in [-0.4, -0.2) is 76.1 Å². The maximum atomic E-state index is 12.1. The van der Waals surface area contributed by atoms with Crippen molar-refractivity contribution in [2.75, 3.05) is 17.8 Å². The van der Waals surface area contributed by atoms with Crippen molar-refractivity contribution in [3.8, 4) is 0 Å². The lowest BCUT2D eigenvalue weighted by Gasteiger charge is -2.42. The summed E-state index contributed by atoms with van der Waals surface area (Å²) in [6.45, 7) is 1.59. The third kappa shape index (κ3) is 7.94. The second-order valence-electron chi connectivity index (χ2n) is 6.01. The quantitative estimate of drug-likeness (QED) is 0.0601. The van der Waals surface area contributed by atoms with Gasteiger partial charge >= 0.3 is 16.3 Å². The number of halogens is 1. The zero-order chi connectivity index (χ0) is 25.3. The summed E-state index contributed by atoms with van der Waals surface area (Å²) in [6.07, 6.45) is 1.71. The Morgan fingerprint density at radius 2 is 2.18 bits per heavy atom. The van der Waals surface area contributed by atoms with Gasteiger partial charge in [0.1, 0.15) is 23.5 Å². The van der Waals surface area contributed by atoms with Crippen molar-refractivity contribution in [3.05, 3.63) is 22.6 Å². The van der Waals surface area contributed by atoms with E-state index in [2.05, 4.69) is 25.5 Å². The zero-order valence-electron chi connectivity index (χ0n) is 17.2. The second kappa shape index (κ2) is 12.7. The number of nitrogens with one attached hydrogen (secondary N) is 2. The third-order valence-electron chi connectivity index (χ3n) is 3.63. The topological polar surface area (TPSA) is 194 Å². The molecule has 1 aliphatic heterocycles. The minimum atomic E-state index is -4.89. The van der Waals surface area contributed by atoms with Crippen LogP contribution in [0.2, 0.25) is 0 Å². The first-order chi connectivity index (χ1) is 16.1. The fourth-order valence-electron chi connectivity index (χ4n) is 2.28. The van der Waals surface area contributed by atoms with Crippen LogP contribution in [0.1, 0.15) is 12.6 Å². The van der Waals surface area contributed by atoms with Gasteiger partial charge in [-0.05, 0) is 12.3 Å². The second-order valence-corrected chi connectivity index (χ2v) is 9.46. The lowest BCUT2D eigenvalue weighted by molar-refractivity contribution is -0.140. The van der Waals surface area contributed by atoms with Gasteiger partial charge < -0.3 is 20.2 Å². The molecule has 186 valence electrons. The molecule has 1 aromatic heterocycles. The molecule has 0 aliphatic carbocycles. The molecule has 0 saturated carbocycles. The highest BCUT2D eigenvalue weighted by Gasteiger charge is 2.54. The third-order valence-corrected chi connectivity index (χ3v) is 6.77. The maximum Gasteiger partial charge on any atom is 0.363 e. The molecule has 1 aromatic rings. The number of thioether (sulfide) groups is 1. The molecule has 1 saturated heterocycles. The van der Waals surface area contributed by atoms with Gasteiger partial charge in [0.15, 0.2) is 11.7 Å². The highest BCUT2D eigenvalue weighted by Crippen LogP contribution is 2.33. The standard InChI is InChI=1S/C16H18ClN5O9S3/c1-2-30-12(25)3-4-32-15-13(14(26)22(15)34(27,28)29)20-11(24)6-18-31-7-9-8-33-16(19-9)21-10(23)5-17/h3-4,6,8,13,15H,2,5,7H2,1H3,(H,20,24)(H,19,21,23)(H,27,28,29)/b4-3+,18-6?/t13-,15+/m1/s1. The summed E-state index contributed by atoms with van der Waals surface area (Å²) in [7, 11) is -4.89. The van der Waals surface area contributed by atoms with Crippen molar-refractivity contribution in [1.82, 2.24) is 14.6 Å². The molecule has 2 heterocycles. The fraction of sp³-hybridized carbons (Fsp3) is 0.375. The average molecular weight is 556 g/mol. The number of alkyl halides is 1. The molecule has 0 bridgehead atoms. The summed E-state index contributed by atoms with van der Waals surface area (Å²) in [5.74, 6) is -3.32. The number of carbonyl (C=O) groups is 4. The molecule has 0 aromatic carbocycles. The minimum Gasteiger partial charge on any atom is -0.463 e. The Labute approximate surface area is 206 Å². The number of rotatable bonds is 12. The van der Waals surface area contributed by atoms with E-state index in [0.717, 1.165) is 17.4 Å². The van der Waals surface area contributed by atoms with Gasteiger partial charge in [0.25, 0.3) is 11.8 Å². The molecule has 0 spiro atoms. The average Bonchev–Trinajstić information content (AvgIpc) is 3.20. The predicted octanol–water partition coefficient (Wildman–Crippen LogP) is 0.0887. The number of nitrogens with zero attached hydrogens (tertiary/aromatic N) is 3. The summed E-state index contributed by atoms with van der Waals surface area (Å²) < 4.78 is 36.9. The molecule has 2 rings (SSSR count). The maximum absolute atomic E-state index is 12.1. The van der Waals surface area contributed by atoms with E-state index in [1.54, 1.807) is 12.3 Å². The Hall–Kier alpha value is -2.73. The van der Waals surface area contributed by atoms with Gasteiger partial charge in [-0.25, -0.2) is 9.78 Å². The molecule has 14 nitrogen and oxygen atoms in total. The molecular weight excluding hydrogens is 538 g/mol. The van der Waals surface area contributed by atoms with E-state index >= 15 is 0 Å². The van der Waals surface area contributed by atoms with Gasteiger partial charge in [0.2, 0.25) is 5.91 Å². The summed E-state index contributed by atoms with van der Waals surface area (Å²) in [6, 6.07) is -1.33. The Morgan fingerprint density at radius 1 is 1.44 bits per heavy atom. The highest BCUT2D eigenvalue weighted by atomic mass is 35.5. The van der Waals surface area contributed by atoms with Crippen LogP contribution < -0.4 is 10.6 Å². The van der Waals surface area contributed by atoms with Crippen LogP contribution in [0.25, 0.3) is 0 Å². The van der Waals surface area contributed by atoms with Crippen molar-refractivity contribution in [1.29, 1.82) is 0 Å². The Bertz CT molecular complexity index is 1090. The number of ether oxygens (including phenoxy) is 1. The van der Waals surface area contributed by atoms with E-state index < -0.39 is 45.4 Å². The number of hydrogen-bond donors (Lipinski definition) is 3. The van der Waals surface area contributed by atoms with Crippen molar-refractivity contribution in [2.24, 2.45) is 5.16 Å². The summed E-state index contributed by atoms with van der Waals surface area (Å²) in [5.41, 5.74) is 0.412. The Morgan fingerprint density at radius 3 is 2.82 bits per heavy atom. The lowest BCUT2D eigenvalue weighted by Crippen LogP contribution is -2.70. The number of carbonyl (C=O) groups excluding carboxylic acids is 4. The smallest absolute Gasteiger partial charge is 0.363 e. The van der Waals surface area contributed by atoms with E-state index in [4.69, 9.17) is 16.4 Å². The number of anilines is 1. The van der Waals surface area contributed by atoms with Gasteiger partial charge in [-0.15, -0.1) is 34.7 Å². The van der Waals surface area contributed by atoms with Crippen LogP contribution in [0.15, 0.2) is 22.0 Å². The van der Waals surface area contributed by atoms with Crippen LogP contribution in [0, 0.1) is 0 Å². The highest BCUT2D eigenvalue weighted by molar-refractivity contribution is 8.03. The monoisotopic (exact) mass is 555 g/mol. The summed E-state index contributed by atoms with van der Waals surface area (Å²) in [5, 5.41) is 9.93. The number of thiazole rings is 1. The summed E-state index contributed by atoms with van der Waals surface area (Å²) in [4.78, 5) is 55.6. The van der Waals surface area contributed by atoms with Crippen molar-refractivity contribution in [3.63, 3.8) is 0 Å². The molecular formula is C16H18ClN5O9S3. The molecule has 3 N–H and O–H groups in total. The van der Waals surface area contributed by atoms with E-state index in [-0.39, 0.29) is 23.4 Å². The normalized spacial score (nSPS) is 18.1. The van der Waals surface area contributed by atoms with Gasteiger partial charge in [-0.3, -0.25) is 18.9 Å². The number of aromatic nitrogens is 1. The number of amides is 3. The molecule has 1 fully saturated rings. The van der Waals surface area contributed by atoms with Crippen molar-refractivity contribution in [2.45, 2.75) is 24.9 Å². The summed E-state index contributed by atoms with van der Waals surface area (Å²) >= 11 is 7.20. The molecule has 1 aliphatic rings. The van der Waals surface area contributed by atoms with Gasteiger partial charge in [0.05, 0.1) is 12.3 Å². The molecule has 18 heteroatoms. The predicted molar refractivity (Wildman–Crippen MR) is 122 cm³/mol. The zero-order valence-corrected chi connectivity index (χ0v) is 20.4. The molecule has 2 atom stereocenters. The first-order valence-corrected chi connectivity index (χ1v) is 12.9. The number of β-lactam (4-membered cyclic amide) rings is 1. The van der Waals surface area contributed by atoms with Gasteiger partial charge in [-0.2, -0.15) is 12.7 Å². The van der Waals surface area contributed by atoms with Crippen LogP contribution in [0.4, 0.5) is 5.13 Å². The van der Waals surface area contributed by atoms with Crippen molar-refractivity contribution < 1.29 is 41.7 Å². The number of hydrogen-bond acceptors (Lipinski definition) is 12. The van der Waals surface area contributed by atoms with E-state index in [1.807, 2.05) is 0 Å². The Balaban J connectivity index is 1.89. The molecule has 0 unspecified atom stereocenters.